The van der Waals surface area contributed by atoms with E-state index in [0.29, 0.717) is 49.5 Å². The minimum Gasteiger partial charge on any atom is -0.488 e. The summed E-state index contributed by atoms with van der Waals surface area (Å²) in [4.78, 5) is 27.2. The van der Waals surface area contributed by atoms with Crippen LogP contribution in [0.1, 0.15) is 16.8 Å². The van der Waals surface area contributed by atoms with Crippen molar-refractivity contribution in [1.29, 1.82) is 0 Å². The summed E-state index contributed by atoms with van der Waals surface area (Å²) in [6.07, 6.45) is -0.636. The first kappa shape index (κ1) is 20.2. The Bertz CT molecular complexity index is 928. The summed E-state index contributed by atoms with van der Waals surface area (Å²) in [5, 5.41) is 12.4. The number of amides is 2. The normalized spacial score (nSPS) is 19.0. The number of nitrogens with zero attached hydrogens (tertiary/aromatic N) is 2. The number of hydrogen-bond donors (Lipinski definition) is 2. The second-order valence-electron chi connectivity index (χ2n) is 7.52. The van der Waals surface area contributed by atoms with E-state index in [1.54, 1.807) is 30.3 Å². The van der Waals surface area contributed by atoms with E-state index in [1.807, 2.05) is 4.90 Å². The van der Waals surface area contributed by atoms with Crippen LogP contribution in [-0.2, 0) is 0 Å². The number of carboxylic acid groups (broad SMARTS) is 1. The molecule has 2 aromatic carbocycles. The highest BCUT2D eigenvalue weighted by molar-refractivity contribution is 5.96. The maximum atomic E-state index is 13.4. The number of carbonyl (C=O) groups excluding carboxylic acids is 1. The lowest BCUT2D eigenvalue weighted by molar-refractivity contribution is 0.0735. The number of nitrogens with one attached hydrogen (secondary N) is 1. The van der Waals surface area contributed by atoms with Crippen LogP contribution in [0.4, 0.5) is 9.18 Å². The quantitative estimate of drug-likeness (QED) is 0.806. The number of likely N-dealkylation sites (tertiary alicyclic amines) is 1. The molecule has 2 saturated heterocycles. The molecule has 158 valence electrons. The molecule has 30 heavy (non-hydrogen) atoms. The summed E-state index contributed by atoms with van der Waals surface area (Å²) in [7, 11) is 0. The fraction of sp³-hybridized carbons (Fsp3) is 0.364. The molecule has 2 aliphatic rings. The maximum Gasteiger partial charge on any atom is 0.407 e. The summed E-state index contributed by atoms with van der Waals surface area (Å²) in [6.45, 7) is 3.54. The Balaban J connectivity index is 1.62. The van der Waals surface area contributed by atoms with E-state index >= 15 is 0 Å². The van der Waals surface area contributed by atoms with Gasteiger partial charge < -0.3 is 25.0 Å². The van der Waals surface area contributed by atoms with Crippen molar-refractivity contribution in [3.63, 3.8) is 0 Å². The second kappa shape index (κ2) is 8.71. The number of hydrogen-bond acceptors (Lipinski definition) is 4. The molecule has 1 unspecified atom stereocenters. The molecule has 2 N–H and O–H groups in total. The molecule has 0 bridgehead atoms. The molecule has 4 rings (SSSR count). The van der Waals surface area contributed by atoms with E-state index < -0.39 is 6.09 Å². The van der Waals surface area contributed by atoms with Crippen LogP contribution in [0.2, 0.25) is 0 Å². The molecule has 2 amide bonds. The minimum atomic E-state index is -0.961. The van der Waals surface area contributed by atoms with E-state index in [4.69, 9.17) is 9.84 Å². The van der Waals surface area contributed by atoms with Crippen LogP contribution in [0.15, 0.2) is 42.5 Å². The molecule has 2 aromatic rings. The lowest BCUT2D eigenvalue weighted by Crippen LogP contribution is -2.46. The average Bonchev–Trinajstić information content (AvgIpc) is 3.24. The molecule has 0 aromatic heterocycles. The zero-order valence-electron chi connectivity index (χ0n) is 16.5. The molecule has 7 nitrogen and oxygen atoms in total. The molecule has 2 aliphatic heterocycles. The van der Waals surface area contributed by atoms with Crippen molar-refractivity contribution in [2.24, 2.45) is 0 Å². The van der Waals surface area contributed by atoms with Crippen LogP contribution in [0.3, 0.4) is 0 Å². The van der Waals surface area contributed by atoms with E-state index in [1.165, 1.54) is 17.0 Å². The zero-order chi connectivity index (χ0) is 21.1. The Labute approximate surface area is 174 Å². The number of ether oxygens (including phenoxy) is 1. The van der Waals surface area contributed by atoms with Gasteiger partial charge in [0.1, 0.15) is 17.7 Å². The van der Waals surface area contributed by atoms with Gasteiger partial charge in [-0.25, -0.2) is 9.18 Å². The summed E-state index contributed by atoms with van der Waals surface area (Å²) in [5.74, 6) is 0.155. The molecule has 0 spiro atoms. The van der Waals surface area contributed by atoms with Gasteiger partial charge in [-0.05, 0) is 35.9 Å². The van der Waals surface area contributed by atoms with Gasteiger partial charge in [0.2, 0.25) is 0 Å². The van der Waals surface area contributed by atoms with Gasteiger partial charge in [-0.3, -0.25) is 4.79 Å². The highest BCUT2D eigenvalue weighted by Crippen LogP contribution is 2.33. The number of rotatable bonds is 4. The molecule has 2 fully saturated rings. The number of benzene rings is 2. The number of halogens is 1. The number of carbonyl (C=O) groups is 2. The summed E-state index contributed by atoms with van der Waals surface area (Å²) < 4.78 is 19.6. The highest BCUT2D eigenvalue weighted by atomic mass is 19.1. The third-order valence-corrected chi connectivity index (χ3v) is 5.50. The summed E-state index contributed by atoms with van der Waals surface area (Å²) in [5.41, 5.74) is 1.96. The van der Waals surface area contributed by atoms with Crippen molar-refractivity contribution in [2.45, 2.75) is 12.5 Å². The van der Waals surface area contributed by atoms with Gasteiger partial charge in [0, 0.05) is 50.3 Å². The molecule has 0 saturated carbocycles. The monoisotopic (exact) mass is 413 g/mol. The summed E-state index contributed by atoms with van der Waals surface area (Å²) in [6, 6.07) is 11.3. The molecule has 2 heterocycles. The van der Waals surface area contributed by atoms with Crippen molar-refractivity contribution in [3.8, 4) is 16.9 Å². The molecule has 0 radical (unpaired) electrons. The Kier molecular flexibility index (Phi) is 5.85. The van der Waals surface area contributed by atoms with Crippen molar-refractivity contribution in [3.05, 3.63) is 53.8 Å². The van der Waals surface area contributed by atoms with Gasteiger partial charge in [0.25, 0.3) is 5.91 Å². The highest BCUT2D eigenvalue weighted by Gasteiger charge is 2.28. The third-order valence-electron chi connectivity index (χ3n) is 5.50. The smallest absolute Gasteiger partial charge is 0.407 e. The zero-order valence-corrected chi connectivity index (χ0v) is 16.5. The Morgan fingerprint density at radius 1 is 1.03 bits per heavy atom. The van der Waals surface area contributed by atoms with Crippen molar-refractivity contribution in [2.75, 3.05) is 39.3 Å². The first-order chi connectivity index (χ1) is 14.5. The predicted molar refractivity (Wildman–Crippen MR) is 109 cm³/mol. The van der Waals surface area contributed by atoms with Gasteiger partial charge in [-0.1, -0.05) is 12.1 Å². The van der Waals surface area contributed by atoms with Gasteiger partial charge in [-0.15, -0.1) is 0 Å². The van der Waals surface area contributed by atoms with Crippen molar-refractivity contribution in [1.82, 2.24) is 15.1 Å². The average molecular weight is 413 g/mol. The second-order valence-corrected chi connectivity index (χ2v) is 7.52. The van der Waals surface area contributed by atoms with Gasteiger partial charge in [-0.2, -0.15) is 0 Å². The standard InChI is InChI=1S/C22H24FN3O4/c23-17-4-1-15(2-5-17)19-13-16(21(27)25-11-8-24-9-12-25)3-6-20(19)30-18-7-10-26(14-18)22(28)29/h1-6,13,18,24H,7-12,14H2,(H,28,29). The molecule has 1 atom stereocenters. The van der Waals surface area contributed by atoms with Crippen LogP contribution in [0.25, 0.3) is 11.1 Å². The van der Waals surface area contributed by atoms with Gasteiger partial charge in [0.05, 0.1) is 6.54 Å². The number of piperazine rings is 1. The van der Waals surface area contributed by atoms with Crippen LogP contribution in [0.5, 0.6) is 5.75 Å². The van der Waals surface area contributed by atoms with E-state index in [0.717, 1.165) is 18.7 Å². The van der Waals surface area contributed by atoms with Gasteiger partial charge >= 0.3 is 6.09 Å². The van der Waals surface area contributed by atoms with E-state index in [9.17, 15) is 14.0 Å². The summed E-state index contributed by atoms with van der Waals surface area (Å²) >= 11 is 0. The first-order valence-electron chi connectivity index (χ1n) is 10.1. The van der Waals surface area contributed by atoms with Crippen molar-refractivity contribution >= 4 is 12.0 Å². The Morgan fingerprint density at radius 2 is 1.77 bits per heavy atom. The molecule has 8 heteroatoms. The molecular weight excluding hydrogens is 389 g/mol. The first-order valence-corrected chi connectivity index (χ1v) is 10.1. The van der Waals surface area contributed by atoms with Crippen LogP contribution in [-0.4, -0.2) is 72.3 Å². The lowest BCUT2D eigenvalue weighted by Gasteiger charge is -2.28. The third kappa shape index (κ3) is 4.38. The van der Waals surface area contributed by atoms with Crippen LogP contribution >= 0.6 is 0 Å². The van der Waals surface area contributed by atoms with Gasteiger partial charge in [0.15, 0.2) is 0 Å². The maximum absolute atomic E-state index is 13.4. The molecular formula is C22H24FN3O4. The topological polar surface area (TPSA) is 82.1 Å². The van der Waals surface area contributed by atoms with E-state index in [2.05, 4.69) is 5.32 Å². The Hall–Kier alpha value is -3.13. The fourth-order valence-corrected chi connectivity index (χ4v) is 3.85. The minimum absolute atomic E-state index is 0.0515. The largest absolute Gasteiger partial charge is 0.488 e. The van der Waals surface area contributed by atoms with E-state index in [-0.39, 0.29) is 17.8 Å². The molecule has 0 aliphatic carbocycles. The van der Waals surface area contributed by atoms with Crippen LogP contribution in [0, 0.1) is 5.82 Å². The fourth-order valence-electron chi connectivity index (χ4n) is 3.85. The van der Waals surface area contributed by atoms with Crippen molar-refractivity contribution < 1.29 is 23.8 Å². The Morgan fingerprint density at radius 3 is 2.43 bits per heavy atom. The predicted octanol–water partition coefficient (Wildman–Crippen LogP) is 2.67. The SMILES string of the molecule is O=C(O)N1CCC(Oc2ccc(C(=O)N3CCNCC3)cc2-c2ccc(F)cc2)C1. The van der Waals surface area contributed by atoms with Crippen LogP contribution < -0.4 is 10.1 Å². The lowest BCUT2D eigenvalue weighted by atomic mass is 10.0.